The summed E-state index contributed by atoms with van der Waals surface area (Å²) in [4.78, 5) is 0. The van der Waals surface area contributed by atoms with Gasteiger partial charge < -0.3 is 4.42 Å². The Kier molecular flexibility index (Phi) is 3.18. The lowest BCUT2D eigenvalue weighted by Crippen LogP contribution is -1.80. The van der Waals surface area contributed by atoms with Gasteiger partial charge in [0.15, 0.2) is 0 Å². The molecular weight excluding hydrogens is 282 g/mol. The van der Waals surface area contributed by atoms with Crippen LogP contribution in [0.15, 0.2) is 71.1 Å². The Morgan fingerprint density at radius 3 is 2.48 bits per heavy atom. The summed E-state index contributed by atoms with van der Waals surface area (Å²) < 4.78 is 5.90. The number of fused-ring (bicyclic) bond motifs is 3. The first-order chi connectivity index (χ1) is 11.3. The maximum absolute atomic E-state index is 9.14. The molecule has 1 heterocycles. The van der Waals surface area contributed by atoms with Crippen LogP contribution in [0, 0.1) is 11.3 Å². The number of furan rings is 1. The number of para-hydroxylation sites is 1. The first-order valence-electron chi connectivity index (χ1n) is 7.44. The summed E-state index contributed by atoms with van der Waals surface area (Å²) in [5.41, 5.74) is 4.41. The van der Waals surface area contributed by atoms with Crippen LogP contribution in [0.1, 0.15) is 16.7 Å². The lowest BCUT2D eigenvalue weighted by atomic mass is 10.1. The number of hydrogen-bond donors (Lipinski definition) is 0. The largest absolute Gasteiger partial charge is 0.456 e. The molecule has 0 unspecified atom stereocenters. The Balaban J connectivity index is 1.76. The third-order valence-electron chi connectivity index (χ3n) is 3.94. The van der Waals surface area contributed by atoms with Crippen LogP contribution >= 0.6 is 0 Å². The van der Waals surface area contributed by atoms with E-state index in [1.54, 1.807) is 0 Å². The fourth-order valence-corrected chi connectivity index (χ4v) is 2.78. The van der Waals surface area contributed by atoms with E-state index in [-0.39, 0.29) is 0 Å². The van der Waals surface area contributed by atoms with Gasteiger partial charge in [-0.05, 0) is 35.4 Å². The fourth-order valence-electron chi connectivity index (χ4n) is 2.78. The first-order valence-corrected chi connectivity index (χ1v) is 7.44. The van der Waals surface area contributed by atoms with Crippen molar-refractivity contribution in [1.82, 2.24) is 0 Å². The molecule has 2 nitrogen and oxygen atoms in total. The van der Waals surface area contributed by atoms with Crippen molar-refractivity contribution < 1.29 is 4.42 Å². The van der Waals surface area contributed by atoms with Crippen molar-refractivity contribution in [2.24, 2.45) is 0 Å². The van der Waals surface area contributed by atoms with Crippen LogP contribution in [0.25, 0.3) is 34.1 Å². The molecule has 0 fully saturated rings. The third-order valence-corrected chi connectivity index (χ3v) is 3.94. The molecule has 108 valence electrons. The molecule has 0 amide bonds. The fraction of sp³-hybridized carbons (Fsp3) is 0. The zero-order valence-electron chi connectivity index (χ0n) is 12.4. The number of rotatable bonds is 2. The van der Waals surface area contributed by atoms with Crippen LogP contribution in [-0.2, 0) is 0 Å². The summed E-state index contributed by atoms with van der Waals surface area (Å²) in [6.45, 7) is 0. The van der Waals surface area contributed by atoms with E-state index in [1.807, 2.05) is 60.7 Å². The second-order valence-electron chi connectivity index (χ2n) is 5.39. The molecular formula is C21H13NO. The zero-order chi connectivity index (χ0) is 15.6. The van der Waals surface area contributed by atoms with Crippen LogP contribution in [0.2, 0.25) is 0 Å². The molecule has 0 aliphatic heterocycles. The van der Waals surface area contributed by atoms with Gasteiger partial charge in [0.25, 0.3) is 0 Å². The normalized spacial score (nSPS) is 11.3. The quantitative estimate of drug-likeness (QED) is 0.449. The molecule has 3 aromatic carbocycles. The van der Waals surface area contributed by atoms with Crippen molar-refractivity contribution in [2.45, 2.75) is 0 Å². The summed E-state index contributed by atoms with van der Waals surface area (Å²) in [6.07, 6.45) is 3.96. The van der Waals surface area contributed by atoms with Crippen LogP contribution in [0.5, 0.6) is 0 Å². The molecule has 0 N–H and O–H groups in total. The monoisotopic (exact) mass is 295 g/mol. The van der Waals surface area contributed by atoms with Crippen molar-refractivity contribution in [3.8, 4) is 6.07 Å². The van der Waals surface area contributed by atoms with Gasteiger partial charge in [0, 0.05) is 10.8 Å². The Hall–Kier alpha value is -3.31. The van der Waals surface area contributed by atoms with Crippen LogP contribution in [0.4, 0.5) is 0 Å². The van der Waals surface area contributed by atoms with Gasteiger partial charge in [-0.2, -0.15) is 5.26 Å². The Bertz CT molecular complexity index is 1080. The molecule has 0 aliphatic rings. The van der Waals surface area contributed by atoms with Gasteiger partial charge in [0.05, 0.1) is 11.6 Å². The minimum absolute atomic E-state index is 0.675. The van der Waals surface area contributed by atoms with Crippen molar-refractivity contribution in [1.29, 1.82) is 5.26 Å². The van der Waals surface area contributed by atoms with Crippen LogP contribution in [-0.4, -0.2) is 0 Å². The summed E-state index contributed by atoms with van der Waals surface area (Å²) in [5.74, 6) is 0. The van der Waals surface area contributed by atoms with E-state index < -0.39 is 0 Å². The van der Waals surface area contributed by atoms with E-state index in [9.17, 15) is 0 Å². The number of hydrogen-bond acceptors (Lipinski definition) is 2. The van der Waals surface area contributed by atoms with Gasteiger partial charge in [-0.1, -0.05) is 54.6 Å². The Labute approximate surface area is 133 Å². The summed E-state index contributed by atoms with van der Waals surface area (Å²) >= 11 is 0. The number of nitrogens with zero attached hydrogens (tertiary/aromatic N) is 1. The van der Waals surface area contributed by atoms with Gasteiger partial charge >= 0.3 is 0 Å². The third kappa shape index (κ3) is 2.39. The molecule has 23 heavy (non-hydrogen) atoms. The second kappa shape index (κ2) is 5.47. The molecule has 0 bridgehead atoms. The molecule has 0 radical (unpaired) electrons. The van der Waals surface area contributed by atoms with Crippen molar-refractivity contribution >= 4 is 34.1 Å². The predicted octanol–water partition coefficient (Wildman–Crippen LogP) is 5.63. The molecule has 0 saturated carbocycles. The highest BCUT2D eigenvalue weighted by atomic mass is 16.3. The maximum Gasteiger partial charge on any atom is 0.136 e. The van der Waals surface area contributed by atoms with E-state index in [0.717, 1.165) is 33.1 Å². The van der Waals surface area contributed by atoms with Crippen molar-refractivity contribution in [3.63, 3.8) is 0 Å². The first kappa shape index (κ1) is 13.4. The highest BCUT2D eigenvalue weighted by Gasteiger charge is 2.05. The number of nitriles is 1. The van der Waals surface area contributed by atoms with Gasteiger partial charge in [-0.15, -0.1) is 0 Å². The molecule has 2 heteroatoms. The standard InChI is InChI=1S/C21H13NO/c22-14-17-6-2-1-5-16(17)11-9-15-10-12-19-18-7-3-4-8-20(18)23-21(19)13-15/h1-13H. The highest BCUT2D eigenvalue weighted by molar-refractivity contribution is 6.05. The smallest absolute Gasteiger partial charge is 0.136 e. The molecule has 4 rings (SSSR count). The SMILES string of the molecule is N#Cc1ccccc1C=Cc1ccc2c(c1)oc1ccccc12. The maximum atomic E-state index is 9.14. The lowest BCUT2D eigenvalue weighted by molar-refractivity contribution is 0.669. The average Bonchev–Trinajstić information content (AvgIpc) is 2.98. The minimum atomic E-state index is 0.675. The predicted molar refractivity (Wildman–Crippen MR) is 93.8 cm³/mol. The summed E-state index contributed by atoms with van der Waals surface area (Å²) in [6, 6.07) is 24.0. The average molecular weight is 295 g/mol. The van der Waals surface area contributed by atoms with Gasteiger partial charge in [-0.25, -0.2) is 0 Å². The summed E-state index contributed by atoms with van der Waals surface area (Å²) in [5, 5.41) is 11.4. The molecule has 0 aliphatic carbocycles. The van der Waals surface area contributed by atoms with Crippen molar-refractivity contribution in [3.05, 3.63) is 83.4 Å². The Morgan fingerprint density at radius 2 is 1.57 bits per heavy atom. The van der Waals surface area contributed by atoms with Gasteiger partial charge in [0.2, 0.25) is 0 Å². The zero-order valence-corrected chi connectivity index (χ0v) is 12.4. The molecule has 0 spiro atoms. The van der Waals surface area contributed by atoms with Crippen LogP contribution < -0.4 is 0 Å². The highest BCUT2D eigenvalue weighted by Crippen LogP contribution is 2.29. The van der Waals surface area contributed by atoms with E-state index in [0.29, 0.717) is 5.56 Å². The second-order valence-corrected chi connectivity index (χ2v) is 5.39. The van der Waals surface area contributed by atoms with Crippen molar-refractivity contribution in [2.75, 3.05) is 0 Å². The van der Waals surface area contributed by atoms with E-state index in [2.05, 4.69) is 24.3 Å². The Morgan fingerprint density at radius 1 is 0.783 bits per heavy atom. The summed E-state index contributed by atoms with van der Waals surface area (Å²) in [7, 11) is 0. The molecule has 0 saturated heterocycles. The molecule has 1 aromatic heterocycles. The van der Waals surface area contributed by atoms with E-state index >= 15 is 0 Å². The van der Waals surface area contributed by atoms with E-state index in [4.69, 9.17) is 9.68 Å². The lowest BCUT2D eigenvalue weighted by Gasteiger charge is -1.97. The van der Waals surface area contributed by atoms with E-state index in [1.165, 1.54) is 0 Å². The van der Waals surface area contributed by atoms with Gasteiger partial charge in [-0.3, -0.25) is 0 Å². The minimum Gasteiger partial charge on any atom is -0.456 e. The molecule has 4 aromatic rings. The van der Waals surface area contributed by atoms with Crippen LogP contribution in [0.3, 0.4) is 0 Å². The number of benzene rings is 3. The van der Waals surface area contributed by atoms with Gasteiger partial charge in [0.1, 0.15) is 11.2 Å². The topological polar surface area (TPSA) is 36.9 Å². The molecule has 0 atom stereocenters.